The predicted molar refractivity (Wildman–Crippen MR) is 73.9 cm³/mol. The van der Waals surface area contributed by atoms with E-state index in [2.05, 4.69) is 6.58 Å². The average molecular weight is 335 g/mol. The highest BCUT2D eigenvalue weighted by Crippen LogP contribution is 2.43. The van der Waals surface area contributed by atoms with Crippen LogP contribution in [0.4, 0.5) is 30.2 Å². The van der Waals surface area contributed by atoms with E-state index in [1.807, 2.05) is 0 Å². The highest BCUT2D eigenvalue weighted by Gasteiger charge is 2.39. The van der Waals surface area contributed by atoms with Gasteiger partial charge in [-0.05, 0) is 6.92 Å². The minimum atomic E-state index is -4.97. The summed E-state index contributed by atoms with van der Waals surface area (Å²) in [6.45, 7) is 4.68. The van der Waals surface area contributed by atoms with Crippen molar-refractivity contribution in [2.45, 2.75) is 13.1 Å². The summed E-state index contributed by atoms with van der Waals surface area (Å²) >= 11 is 0. The maximum atomic E-state index is 12.8. The maximum absolute atomic E-state index is 12.8. The Labute approximate surface area is 128 Å². The number of hydroxylamine groups is 1. The summed E-state index contributed by atoms with van der Waals surface area (Å²) < 4.78 is 38.4. The van der Waals surface area contributed by atoms with Crippen LogP contribution in [-0.4, -0.2) is 23.0 Å². The summed E-state index contributed by atoms with van der Waals surface area (Å²) in [4.78, 5) is 25.0. The first-order valence-corrected chi connectivity index (χ1v) is 6.18. The molecule has 0 spiro atoms. The van der Waals surface area contributed by atoms with Crippen LogP contribution >= 0.6 is 0 Å². The fourth-order valence-corrected chi connectivity index (χ4v) is 1.78. The molecule has 0 aromatic heterocycles. The van der Waals surface area contributed by atoms with Crippen molar-refractivity contribution in [3.05, 3.63) is 50.6 Å². The molecule has 1 rings (SSSR count). The normalized spacial score (nSPS) is 11.1. The van der Waals surface area contributed by atoms with E-state index in [0.29, 0.717) is 0 Å². The molecule has 23 heavy (non-hydrogen) atoms. The molecule has 0 aliphatic heterocycles. The van der Waals surface area contributed by atoms with Crippen molar-refractivity contribution in [1.82, 2.24) is 0 Å². The smallest absolute Gasteiger partial charge is 0.273 e. The second-order valence-electron chi connectivity index (χ2n) is 4.14. The van der Waals surface area contributed by atoms with E-state index in [-0.39, 0.29) is 25.3 Å². The fourth-order valence-electron chi connectivity index (χ4n) is 1.78. The SMILES string of the molecule is C=CCN(OCC)c1c([N+](=O)[O-])cc(C(F)(F)F)cc1[N+](=O)[O-]. The molecule has 0 atom stereocenters. The van der Waals surface area contributed by atoms with Crippen LogP contribution in [0.5, 0.6) is 0 Å². The van der Waals surface area contributed by atoms with Gasteiger partial charge in [0, 0.05) is 12.1 Å². The lowest BCUT2D eigenvalue weighted by Gasteiger charge is -2.21. The monoisotopic (exact) mass is 335 g/mol. The van der Waals surface area contributed by atoms with Gasteiger partial charge in [0.15, 0.2) is 0 Å². The molecule has 0 saturated carbocycles. The zero-order valence-corrected chi connectivity index (χ0v) is 11.9. The van der Waals surface area contributed by atoms with Crippen LogP contribution < -0.4 is 5.06 Å². The number of halogens is 3. The Morgan fingerprint density at radius 1 is 1.26 bits per heavy atom. The Morgan fingerprint density at radius 3 is 2.04 bits per heavy atom. The van der Waals surface area contributed by atoms with Crippen LogP contribution in [0.1, 0.15) is 12.5 Å². The third-order valence-electron chi connectivity index (χ3n) is 2.62. The van der Waals surface area contributed by atoms with E-state index < -0.39 is 38.6 Å². The van der Waals surface area contributed by atoms with E-state index in [9.17, 15) is 33.4 Å². The van der Waals surface area contributed by atoms with Gasteiger partial charge in [-0.1, -0.05) is 6.08 Å². The first kappa shape index (κ1) is 18.4. The summed E-state index contributed by atoms with van der Waals surface area (Å²) in [7, 11) is 0. The van der Waals surface area contributed by atoms with Gasteiger partial charge < -0.3 is 0 Å². The highest BCUT2D eigenvalue weighted by atomic mass is 19.4. The molecule has 0 radical (unpaired) electrons. The summed E-state index contributed by atoms with van der Waals surface area (Å²) in [5.74, 6) is 0. The van der Waals surface area contributed by atoms with Crippen LogP contribution in [-0.2, 0) is 11.0 Å². The Balaban J connectivity index is 3.73. The van der Waals surface area contributed by atoms with E-state index in [1.54, 1.807) is 0 Å². The summed E-state index contributed by atoms with van der Waals surface area (Å²) in [5.41, 5.74) is -4.33. The second-order valence-corrected chi connectivity index (χ2v) is 4.14. The van der Waals surface area contributed by atoms with Crippen LogP contribution in [0, 0.1) is 20.2 Å². The molecule has 0 fully saturated rings. The van der Waals surface area contributed by atoms with Gasteiger partial charge in [-0.2, -0.15) is 13.2 Å². The quantitative estimate of drug-likeness (QED) is 0.430. The second kappa shape index (κ2) is 7.05. The average Bonchev–Trinajstić information content (AvgIpc) is 2.44. The number of rotatable bonds is 7. The molecule has 1 aromatic rings. The molecule has 0 unspecified atom stereocenters. The Kier molecular flexibility index (Phi) is 5.62. The largest absolute Gasteiger partial charge is 0.416 e. The third kappa shape index (κ3) is 4.16. The van der Waals surface area contributed by atoms with Gasteiger partial charge in [0.25, 0.3) is 0 Å². The van der Waals surface area contributed by atoms with Gasteiger partial charge in [-0.3, -0.25) is 25.1 Å². The van der Waals surface area contributed by atoms with Crippen LogP contribution in [0.25, 0.3) is 0 Å². The first-order valence-electron chi connectivity index (χ1n) is 6.18. The Morgan fingerprint density at radius 2 is 1.74 bits per heavy atom. The van der Waals surface area contributed by atoms with Gasteiger partial charge >= 0.3 is 17.6 Å². The molecule has 0 amide bonds. The molecule has 0 aliphatic carbocycles. The van der Waals surface area contributed by atoms with Crippen molar-refractivity contribution in [3.8, 4) is 0 Å². The van der Waals surface area contributed by atoms with Crippen molar-refractivity contribution in [3.63, 3.8) is 0 Å². The van der Waals surface area contributed by atoms with Gasteiger partial charge in [0.2, 0.25) is 5.69 Å². The van der Waals surface area contributed by atoms with Crippen molar-refractivity contribution >= 4 is 17.1 Å². The molecule has 8 nitrogen and oxygen atoms in total. The van der Waals surface area contributed by atoms with E-state index in [0.717, 1.165) is 5.06 Å². The maximum Gasteiger partial charge on any atom is 0.416 e. The number of nitro benzene ring substituents is 2. The summed E-state index contributed by atoms with van der Waals surface area (Å²) in [6.07, 6.45) is -3.73. The standard InChI is InChI=1S/C12H12F3N3O5/c1-3-5-16(23-4-2)11-9(17(19)20)6-8(12(13,14)15)7-10(11)18(21)22/h3,6-7H,1,4-5H2,2H3. The zero-order valence-electron chi connectivity index (χ0n) is 11.9. The number of nitro groups is 2. The molecule has 11 heteroatoms. The van der Waals surface area contributed by atoms with Crippen LogP contribution in [0.15, 0.2) is 24.8 Å². The molecule has 1 aromatic carbocycles. The lowest BCUT2D eigenvalue weighted by atomic mass is 10.1. The lowest BCUT2D eigenvalue weighted by molar-refractivity contribution is -0.393. The predicted octanol–water partition coefficient (Wildman–Crippen LogP) is 3.47. The van der Waals surface area contributed by atoms with E-state index >= 15 is 0 Å². The number of hydrogen-bond donors (Lipinski definition) is 0. The zero-order chi connectivity index (χ0) is 17.8. The van der Waals surface area contributed by atoms with E-state index in [1.165, 1.54) is 13.0 Å². The van der Waals surface area contributed by atoms with Crippen LogP contribution in [0.3, 0.4) is 0 Å². The third-order valence-corrected chi connectivity index (χ3v) is 2.62. The topological polar surface area (TPSA) is 98.8 Å². The Bertz CT molecular complexity index is 598. The lowest BCUT2D eigenvalue weighted by Crippen LogP contribution is -2.26. The van der Waals surface area contributed by atoms with E-state index in [4.69, 9.17) is 4.84 Å². The van der Waals surface area contributed by atoms with Crippen molar-refractivity contribution in [2.24, 2.45) is 0 Å². The van der Waals surface area contributed by atoms with Crippen molar-refractivity contribution < 1.29 is 27.9 Å². The van der Waals surface area contributed by atoms with Crippen molar-refractivity contribution in [1.29, 1.82) is 0 Å². The fraction of sp³-hybridized carbons (Fsp3) is 0.333. The number of benzene rings is 1. The highest BCUT2D eigenvalue weighted by molar-refractivity contribution is 5.75. The molecule has 0 heterocycles. The van der Waals surface area contributed by atoms with Gasteiger partial charge in [0.1, 0.15) is 0 Å². The van der Waals surface area contributed by atoms with Gasteiger partial charge in [-0.25, -0.2) is 5.06 Å². The molecule has 0 bridgehead atoms. The van der Waals surface area contributed by atoms with Crippen molar-refractivity contribution in [2.75, 3.05) is 18.2 Å². The Hall–Kier alpha value is -2.69. The number of anilines is 1. The molecule has 0 N–H and O–H groups in total. The number of hydrogen-bond acceptors (Lipinski definition) is 6. The number of nitrogens with zero attached hydrogens (tertiary/aromatic N) is 3. The molecule has 0 saturated heterocycles. The van der Waals surface area contributed by atoms with Gasteiger partial charge in [0.05, 0.1) is 28.6 Å². The first-order chi connectivity index (χ1) is 10.6. The van der Waals surface area contributed by atoms with Crippen LogP contribution in [0.2, 0.25) is 0 Å². The summed E-state index contributed by atoms with van der Waals surface area (Å²) in [6, 6.07) is 0.467. The number of alkyl halides is 3. The molecule has 0 aliphatic rings. The summed E-state index contributed by atoms with van der Waals surface area (Å²) in [5, 5.41) is 23.0. The minimum Gasteiger partial charge on any atom is -0.273 e. The molecule has 126 valence electrons. The van der Waals surface area contributed by atoms with Gasteiger partial charge in [-0.15, -0.1) is 6.58 Å². The molecular weight excluding hydrogens is 323 g/mol. The molecular formula is C12H12F3N3O5. The minimum absolute atomic E-state index is 0.0107.